The first-order valence-electron chi connectivity index (χ1n) is 12.0. The van der Waals surface area contributed by atoms with Crippen molar-refractivity contribution in [2.24, 2.45) is 0 Å². The van der Waals surface area contributed by atoms with Gasteiger partial charge in [0.05, 0.1) is 17.9 Å². The zero-order valence-corrected chi connectivity index (χ0v) is 20.1. The molecule has 0 bridgehead atoms. The molecular weight excluding hydrogens is 468 g/mol. The van der Waals surface area contributed by atoms with Gasteiger partial charge >= 0.3 is 0 Å². The third-order valence-electron chi connectivity index (χ3n) is 6.31. The molecule has 2 aromatic carbocycles. The number of benzene rings is 2. The van der Waals surface area contributed by atoms with E-state index in [1.165, 1.54) is 17.3 Å². The number of Topliss-reactive ketones (excluding diaryl/α,β-unsaturated/α-hetero) is 1. The molecule has 1 amide bonds. The lowest BCUT2D eigenvalue weighted by atomic mass is 9.95. The second-order valence-electron chi connectivity index (χ2n) is 8.73. The van der Waals surface area contributed by atoms with E-state index in [9.17, 15) is 14.7 Å². The molecule has 8 heteroatoms. The van der Waals surface area contributed by atoms with E-state index in [4.69, 9.17) is 4.74 Å². The van der Waals surface area contributed by atoms with E-state index in [0.29, 0.717) is 43.0 Å². The Morgan fingerprint density at radius 2 is 1.65 bits per heavy atom. The lowest BCUT2D eigenvalue weighted by molar-refractivity contribution is -0.139. The molecule has 1 aliphatic heterocycles. The number of aryl methyl sites for hydroxylation is 1. The molecule has 5 rings (SSSR count). The third kappa shape index (κ3) is 5.28. The average molecular weight is 495 g/mol. The molecule has 1 atom stereocenters. The molecule has 2 aromatic heterocycles. The van der Waals surface area contributed by atoms with Gasteiger partial charge in [0.15, 0.2) is 0 Å². The van der Waals surface area contributed by atoms with Crippen LogP contribution >= 0.6 is 0 Å². The van der Waals surface area contributed by atoms with E-state index < -0.39 is 17.7 Å². The highest BCUT2D eigenvalue weighted by atomic mass is 16.5. The van der Waals surface area contributed by atoms with Gasteiger partial charge in [-0.2, -0.15) is 0 Å². The first-order valence-corrected chi connectivity index (χ1v) is 12.0. The van der Waals surface area contributed by atoms with Gasteiger partial charge in [-0.15, -0.1) is 0 Å². The topological polar surface area (TPSA) is 97.6 Å². The van der Waals surface area contributed by atoms with Crippen molar-refractivity contribution in [3.8, 4) is 5.75 Å². The lowest BCUT2D eigenvalue weighted by Gasteiger charge is -2.25. The van der Waals surface area contributed by atoms with E-state index >= 15 is 0 Å². The summed E-state index contributed by atoms with van der Waals surface area (Å²) >= 11 is 0. The van der Waals surface area contributed by atoms with E-state index in [2.05, 4.69) is 9.97 Å². The number of ketones is 1. The second-order valence-corrected chi connectivity index (χ2v) is 8.73. The first-order chi connectivity index (χ1) is 18.1. The van der Waals surface area contributed by atoms with Crippen LogP contribution in [0, 0.1) is 0 Å². The van der Waals surface area contributed by atoms with Crippen LogP contribution in [0.25, 0.3) is 5.76 Å². The Labute approximate surface area is 214 Å². The van der Waals surface area contributed by atoms with Gasteiger partial charge in [-0.25, -0.2) is 4.98 Å². The highest BCUT2D eigenvalue weighted by Crippen LogP contribution is 2.39. The molecule has 3 heterocycles. The maximum absolute atomic E-state index is 13.2. The number of aromatic nitrogens is 3. The Morgan fingerprint density at radius 3 is 2.35 bits per heavy atom. The second kappa shape index (κ2) is 10.9. The number of aliphatic hydroxyl groups is 1. The van der Waals surface area contributed by atoms with Crippen LogP contribution in [-0.2, 0) is 22.7 Å². The number of aliphatic hydroxyl groups excluding tert-OH is 1. The standard InChI is InChI=1S/C29H26N4O4/c34-27(23-11-13-30-14-12-23)25-26(33(29(36)28(25)35)17-4-16-32-18-15-31-20-32)22-7-9-24(10-8-22)37-19-21-5-2-1-3-6-21/h1-3,5-15,18,20,26,34H,4,16-17,19H2/b27-25+. The predicted molar refractivity (Wildman–Crippen MR) is 137 cm³/mol. The maximum Gasteiger partial charge on any atom is 0.295 e. The van der Waals surface area contributed by atoms with Gasteiger partial charge in [-0.05, 0) is 41.8 Å². The zero-order valence-electron chi connectivity index (χ0n) is 20.1. The van der Waals surface area contributed by atoms with Gasteiger partial charge in [0.1, 0.15) is 18.1 Å². The van der Waals surface area contributed by atoms with Gasteiger partial charge < -0.3 is 19.3 Å². The number of carbonyl (C=O) groups is 2. The molecule has 1 N–H and O–H groups in total. The van der Waals surface area contributed by atoms with E-state index in [-0.39, 0.29) is 11.3 Å². The summed E-state index contributed by atoms with van der Waals surface area (Å²) in [4.78, 5) is 35.9. The number of rotatable bonds is 9. The molecule has 0 radical (unpaired) electrons. The SMILES string of the molecule is O=C1C(=O)N(CCCn2ccnc2)C(c2ccc(OCc3ccccc3)cc2)/C1=C(\O)c1ccncc1. The van der Waals surface area contributed by atoms with Crippen molar-refractivity contribution in [3.05, 3.63) is 120 Å². The monoisotopic (exact) mass is 494 g/mol. The fourth-order valence-corrected chi connectivity index (χ4v) is 4.45. The Morgan fingerprint density at radius 1 is 0.892 bits per heavy atom. The van der Waals surface area contributed by atoms with Crippen LogP contribution in [0.3, 0.4) is 0 Å². The minimum Gasteiger partial charge on any atom is -0.507 e. The summed E-state index contributed by atoms with van der Waals surface area (Å²) in [5.41, 5.74) is 2.26. The molecular formula is C29H26N4O4. The van der Waals surface area contributed by atoms with Crippen molar-refractivity contribution < 1.29 is 19.4 Å². The van der Waals surface area contributed by atoms with Crippen LogP contribution < -0.4 is 4.74 Å². The van der Waals surface area contributed by atoms with Crippen molar-refractivity contribution in [1.29, 1.82) is 0 Å². The molecule has 1 unspecified atom stereocenters. The van der Waals surface area contributed by atoms with Gasteiger partial charge in [0.25, 0.3) is 11.7 Å². The van der Waals surface area contributed by atoms with E-state index in [1.54, 1.807) is 24.7 Å². The summed E-state index contributed by atoms with van der Waals surface area (Å²) in [5.74, 6) is -0.881. The zero-order chi connectivity index (χ0) is 25.6. The molecule has 1 saturated heterocycles. The summed E-state index contributed by atoms with van der Waals surface area (Å²) in [7, 11) is 0. The average Bonchev–Trinajstić information content (AvgIpc) is 3.55. The molecule has 0 spiro atoms. The van der Waals surface area contributed by atoms with E-state index in [1.807, 2.05) is 65.4 Å². The lowest BCUT2D eigenvalue weighted by Crippen LogP contribution is -2.31. The molecule has 4 aromatic rings. The largest absolute Gasteiger partial charge is 0.507 e. The molecule has 8 nitrogen and oxygen atoms in total. The highest BCUT2D eigenvalue weighted by molar-refractivity contribution is 6.46. The van der Waals surface area contributed by atoms with Crippen LogP contribution in [0.4, 0.5) is 0 Å². The van der Waals surface area contributed by atoms with Crippen LogP contribution in [0.2, 0.25) is 0 Å². The minimum atomic E-state index is -0.723. The van der Waals surface area contributed by atoms with E-state index in [0.717, 1.165) is 5.56 Å². The Kier molecular flexibility index (Phi) is 7.07. The van der Waals surface area contributed by atoms with Crippen molar-refractivity contribution in [1.82, 2.24) is 19.4 Å². The van der Waals surface area contributed by atoms with Crippen LogP contribution in [-0.4, -0.2) is 42.8 Å². The molecule has 0 aliphatic carbocycles. The first kappa shape index (κ1) is 24.0. The van der Waals surface area contributed by atoms with Gasteiger partial charge in [0, 0.05) is 43.4 Å². The van der Waals surface area contributed by atoms with Gasteiger partial charge in [0.2, 0.25) is 0 Å². The van der Waals surface area contributed by atoms with Crippen LogP contribution in [0.5, 0.6) is 5.75 Å². The summed E-state index contributed by atoms with van der Waals surface area (Å²) in [6.07, 6.45) is 8.94. The smallest absolute Gasteiger partial charge is 0.295 e. The number of carbonyl (C=O) groups excluding carboxylic acids is 2. The molecule has 1 aliphatic rings. The summed E-state index contributed by atoms with van der Waals surface area (Å²) in [6, 6.07) is 19.6. The number of pyridine rings is 1. The van der Waals surface area contributed by atoms with Crippen LogP contribution in [0.15, 0.2) is 103 Å². The fraction of sp³-hybridized carbons (Fsp3) is 0.172. The number of likely N-dealkylation sites (tertiary alicyclic amines) is 1. The molecule has 37 heavy (non-hydrogen) atoms. The third-order valence-corrected chi connectivity index (χ3v) is 6.31. The summed E-state index contributed by atoms with van der Waals surface area (Å²) < 4.78 is 7.82. The van der Waals surface area contributed by atoms with Crippen LogP contribution in [0.1, 0.15) is 29.2 Å². The normalized spacial score (nSPS) is 16.8. The number of hydrogen-bond acceptors (Lipinski definition) is 6. The highest BCUT2D eigenvalue weighted by Gasteiger charge is 2.45. The van der Waals surface area contributed by atoms with Crippen molar-refractivity contribution in [2.45, 2.75) is 25.6 Å². The number of imidazole rings is 1. The van der Waals surface area contributed by atoms with Gasteiger partial charge in [-0.3, -0.25) is 14.6 Å². The number of nitrogens with zero attached hydrogens (tertiary/aromatic N) is 4. The number of amides is 1. The van der Waals surface area contributed by atoms with Gasteiger partial charge in [-0.1, -0.05) is 42.5 Å². The quantitative estimate of drug-likeness (QED) is 0.211. The number of ether oxygens (including phenoxy) is 1. The Bertz CT molecular complexity index is 1390. The van der Waals surface area contributed by atoms with Crippen molar-refractivity contribution >= 4 is 17.4 Å². The molecule has 0 saturated carbocycles. The Hall–Kier alpha value is -4.72. The summed E-state index contributed by atoms with van der Waals surface area (Å²) in [6.45, 7) is 1.41. The maximum atomic E-state index is 13.2. The summed E-state index contributed by atoms with van der Waals surface area (Å²) in [5, 5.41) is 11.1. The molecule has 186 valence electrons. The fourth-order valence-electron chi connectivity index (χ4n) is 4.45. The Balaban J connectivity index is 1.43. The predicted octanol–water partition coefficient (Wildman–Crippen LogP) is 4.37. The number of hydrogen-bond donors (Lipinski definition) is 1. The van der Waals surface area contributed by atoms with Crippen molar-refractivity contribution in [3.63, 3.8) is 0 Å². The minimum absolute atomic E-state index is 0.0665. The van der Waals surface area contributed by atoms with Crippen molar-refractivity contribution in [2.75, 3.05) is 6.54 Å². The molecule has 1 fully saturated rings.